The van der Waals surface area contributed by atoms with Crippen LogP contribution in [0.1, 0.15) is 37.4 Å². The van der Waals surface area contributed by atoms with Crippen LogP contribution in [0.15, 0.2) is 79.1 Å². The molecule has 0 aliphatic heterocycles. The molecule has 0 bridgehead atoms. The van der Waals surface area contributed by atoms with Crippen LogP contribution >= 0.6 is 0 Å². The number of ether oxygens (including phenoxy) is 1. The Morgan fingerprint density at radius 1 is 0.893 bits per heavy atom. The SMILES string of the molecule is COC=Cc1cc(C)c(C(=O)c2ccccc2)cc1NC(=O)c1ccccc1. The fourth-order valence-electron chi connectivity index (χ4n) is 2.89. The van der Waals surface area contributed by atoms with E-state index < -0.39 is 0 Å². The molecule has 0 atom stereocenters. The van der Waals surface area contributed by atoms with Gasteiger partial charge in [-0.15, -0.1) is 0 Å². The molecule has 3 aromatic rings. The number of carbonyl (C=O) groups is 2. The van der Waals surface area contributed by atoms with E-state index in [0.717, 1.165) is 11.1 Å². The standard InChI is InChI=1S/C24H21NO3/c1-17-15-20(13-14-28-2)22(25-24(27)19-11-7-4-8-12-19)16-21(17)23(26)18-9-5-3-6-10-18/h3-16H,1-2H3,(H,25,27). The van der Waals surface area contributed by atoms with Gasteiger partial charge < -0.3 is 10.1 Å². The molecule has 0 aliphatic rings. The second-order valence-electron chi connectivity index (χ2n) is 6.31. The summed E-state index contributed by atoms with van der Waals surface area (Å²) in [7, 11) is 1.55. The van der Waals surface area contributed by atoms with Crippen molar-refractivity contribution in [3.8, 4) is 0 Å². The lowest BCUT2D eigenvalue weighted by atomic mass is 9.96. The maximum atomic E-state index is 12.9. The molecule has 140 valence electrons. The van der Waals surface area contributed by atoms with Gasteiger partial charge in [0.25, 0.3) is 5.91 Å². The minimum atomic E-state index is -0.241. The van der Waals surface area contributed by atoms with E-state index in [-0.39, 0.29) is 11.7 Å². The Labute approximate surface area is 164 Å². The Morgan fingerprint density at radius 2 is 1.50 bits per heavy atom. The number of hydrogen-bond donors (Lipinski definition) is 1. The van der Waals surface area contributed by atoms with Crippen molar-refractivity contribution in [3.63, 3.8) is 0 Å². The number of hydrogen-bond acceptors (Lipinski definition) is 3. The molecule has 1 amide bonds. The Morgan fingerprint density at radius 3 is 2.11 bits per heavy atom. The molecule has 0 unspecified atom stereocenters. The second-order valence-corrected chi connectivity index (χ2v) is 6.31. The zero-order valence-corrected chi connectivity index (χ0v) is 15.8. The minimum Gasteiger partial charge on any atom is -0.504 e. The molecule has 0 aliphatic carbocycles. The number of rotatable bonds is 6. The maximum absolute atomic E-state index is 12.9. The largest absolute Gasteiger partial charge is 0.504 e. The van der Waals surface area contributed by atoms with Gasteiger partial charge in [0.05, 0.1) is 13.4 Å². The van der Waals surface area contributed by atoms with Gasteiger partial charge in [0.2, 0.25) is 0 Å². The first kappa shape index (κ1) is 19.1. The summed E-state index contributed by atoms with van der Waals surface area (Å²) < 4.78 is 5.02. The lowest BCUT2D eigenvalue weighted by molar-refractivity contribution is 0.102. The van der Waals surface area contributed by atoms with Crippen molar-refractivity contribution in [2.24, 2.45) is 0 Å². The number of anilines is 1. The Bertz CT molecular complexity index is 1010. The number of benzene rings is 3. The highest BCUT2D eigenvalue weighted by atomic mass is 16.5. The first-order chi connectivity index (χ1) is 13.6. The number of methoxy groups -OCH3 is 1. The van der Waals surface area contributed by atoms with Crippen LogP contribution in [-0.4, -0.2) is 18.8 Å². The van der Waals surface area contributed by atoms with Gasteiger partial charge in [-0.1, -0.05) is 48.5 Å². The smallest absolute Gasteiger partial charge is 0.255 e. The van der Waals surface area contributed by atoms with Gasteiger partial charge in [0.1, 0.15) is 0 Å². The summed E-state index contributed by atoms with van der Waals surface area (Å²) in [4.78, 5) is 25.6. The highest BCUT2D eigenvalue weighted by Gasteiger charge is 2.16. The molecule has 4 nitrogen and oxygen atoms in total. The van der Waals surface area contributed by atoms with Gasteiger partial charge in [0.15, 0.2) is 5.78 Å². The van der Waals surface area contributed by atoms with Gasteiger partial charge in [-0.25, -0.2) is 0 Å². The van der Waals surface area contributed by atoms with Gasteiger partial charge in [-0.05, 0) is 42.8 Å². The van der Waals surface area contributed by atoms with Crippen molar-refractivity contribution in [2.45, 2.75) is 6.92 Å². The monoisotopic (exact) mass is 371 g/mol. The minimum absolute atomic E-state index is 0.0874. The van der Waals surface area contributed by atoms with Crippen LogP contribution in [0.2, 0.25) is 0 Å². The van der Waals surface area contributed by atoms with Gasteiger partial charge >= 0.3 is 0 Å². The number of nitrogens with one attached hydrogen (secondary N) is 1. The van der Waals surface area contributed by atoms with Crippen LogP contribution in [-0.2, 0) is 4.74 Å². The summed E-state index contributed by atoms with van der Waals surface area (Å²) in [5, 5.41) is 2.91. The highest BCUT2D eigenvalue weighted by molar-refractivity contribution is 6.12. The quantitative estimate of drug-likeness (QED) is 0.485. The number of amides is 1. The Balaban J connectivity index is 2.01. The van der Waals surface area contributed by atoms with Crippen molar-refractivity contribution in [2.75, 3.05) is 12.4 Å². The third-order valence-corrected chi connectivity index (χ3v) is 4.34. The zero-order chi connectivity index (χ0) is 19.9. The fraction of sp³-hybridized carbons (Fsp3) is 0.0833. The van der Waals surface area contributed by atoms with Crippen LogP contribution < -0.4 is 5.32 Å². The van der Waals surface area contributed by atoms with E-state index in [1.807, 2.05) is 37.3 Å². The molecule has 0 saturated heterocycles. The average Bonchev–Trinajstić information content (AvgIpc) is 2.74. The van der Waals surface area contributed by atoms with E-state index in [1.54, 1.807) is 55.7 Å². The van der Waals surface area contributed by atoms with Crippen molar-refractivity contribution < 1.29 is 14.3 Å². The zero-order valence-electron chi connectivity index (χ0n) is 15.8. The Kier molecular flexibility index (Phi) is 6.02. The molecule has 0 heterocycles. The van der Waals surface area contributed by atoms with Crippen LogP contribution in [0.3, 0.4) is 0 Å². The molecule has 0 aromatic heterocycles. The summed E-state index contributed by atoms with van der Waals surface area (Å²) in [6, 6.07) is 21.6. The predicted octanol–water partition coefficient (Wildman–Crippen LogP) is 5.10. The number of aryl methyl sites for hydroxylation is 1. The van der Waals surface area contributed by atoms with Gasteiger partial charge in [-0.2, -0.15) is 0 Å². The normalized spacial score (nSPS) is 10.6. The maximum Gasteiger partial charge on any atom is 0.255 e. The molecule has 1 N–H and O–H groups in total. The van der Waals surface area contributed by atoms with Crippen LogP contribution in [0.25, 0.3) is 6.08 Å². The third-order valence-electron chi connectivity index (χ3n) is 4.34. The third kappa shape index (κ3) is 4.35. The summed E-state index contributed by atoms with van der Waals surface area (Å²) in [6.07, 6.45) is 3.29. The van der Waals surface area contributed by atoms with Crippen molar-refractivity contribution in [1.82, 2.24) is 0 Å². The van der Waals surface area contributed by atoms with E-state index in [1.165, 1.54) is 6.26 Å². The van der Waals surface area contributed by atoms with Gasteiger partial charge in [0, 0.05) is 27.9 Å². The molecule has 0 radical (unpaired) electrons. The van der Waals surface area contributed by atoms with Crippen LogP contribution in [0, 0.1) is 6.92 Å². The van der Waals surface area contributed by atoms with Crippen molar-refractivity contribution in [3.05, 3.63) is 107 Å². The molecular formula is C24H21NO3. The molecule has 0 spiro atoms. The predicted molar refractivity (Wildman–Crippen MR) is 111 cm³/mol. The fourth-order valence-corrected chi connectivity index (χ4v) is 2.89. The molecule has 3 aromatic carbocycles. The molecule has 28 heavy (non-hydrogen) atoms. The van der Waals surface area contributed by atoms with Crippen LogP contribution in [0.4, 0.5) is 5.69 Å². The first-order valence-electron chi connectivity index (χ1n) is 8.90. The summed E-state index contributed by atoms with van der Waals surface area (Å²) in [6.45, 7) is 1.88. The van der Waals surface area contributed by atoms with E-state index in [2.05, 4.69) is 5.32 Å². The topological polar surface area (TPSA) is 55.4 Å². The lowest BCUT2D eigenvalue weighted by Gasteiger charge is -2.14. The number of carbonyl (C=O) groups excluding carboxylic acids is 2. The molecule has 4 heteroatoms. The molecule has 0 fully saturated rings. The summed E-state index contributed by atoms with van der Waals surface area (Å²) in [5.74, 6) is -0.329. The van der Waals surface area contributed by atoms with E-state index in [9.17, 15) is 9.59 Å². The lowest BCUT2D eigenvalue weighted by Crippen LogP contribution is -2.14. The summed E-state index contributed by atoms with van der Waals surface area (Å²) in [5.41, 5.74) is 3.82. The molecular weight excluding hydrogens is 350 g/mol. The highest BCUT2D eigenvalue weighted by Crippen LogP contribution is 2.25. The van der Waals surface area contributed by atoms with Crippen molar-refractivity contribution in [1.29, 1.82) is 0 Å². The average molecular weight is 371 g/mol. The molecule has 0 saturated carbocycles. The van der Waals surface area contributed by atoms with E-state index in [0.29, 0.717) is 22.4 Å². The number of ketones is 1. The van der Waals surface area contributed by atoms with Gasteiger partial charge in [-0.3, -0.25) is 9.59 Å². The van der Waals surface area contributed by atoms with Crippen molar-refractivity contribution >= 4 is 23.5 Å². The second kappa shape index (κ2) is 8.82. The first-order valence-corrected chi connectivity index (χ1v) is 8.90. The molecule has 3 rings (SSSR count). The van der Waals surface area contributed by atoms with E-state index in [4.69, 9.17) is 4.74 Å². The van der Waals surface area contributed by atoms with Crippen LogP contribution in [0.5, 0.6) is 0 Å². The summed E-state index contributed by atoms with van der Waals surface area (Å²) >= 11 is 0. The van der Waals surface area contributed by atoms with E-state index >= 15 is 0 Å². The Hall–Kier alpha value is -3.66.